The van der Waals surface area contributed by atoms with Crippen LogP contribution >= 0.6 is 0 Å². The van der Waals surface area contributed by atoms with Gasteiger partial charge in [0, 0.05) is 31.4 Å². The molecule has 8 heteroatoms. The van der Waals surface area contributed by atoms with Crippen LogP contribution in [0.5, 0.6) is 5.75 Å². The van der Waals surface area contributed by atoms with E-state index in [9.17, 15) is 14.4 Å². The predicted molar refractivity (Wildman–Crippen MR) is 113 cm³/mol. The molecule has 0 saturated carbocycles. The van der Waals surface area contributed by atoms with E-state index in [1.807, 2.05) is 31.1 Å². The first kappa shape index (κ1) is 20.9. The van der Waals surface area contributed by atoms with Crippen LogP contribution in [0.15, 0.2) is 54.1 Å². The Kier molecular flexibility index (Phi) is 6.36. The number of nitrogens with one attached hydrogen (secondary N) is 1. The number of para-hydroxylation sites is 1. The summed E-state index contributed by atoms with van der Waals surface area (Å²) in [6, 6.07) is 14.1. The summed E-state index contributed by atoms with van der Waals surface area (Å²) < 4.78 is 10.5. The number of carbonyl (C=O) groups is 3. The normalized spacial score (nSPS) is 14.6. The maximum atomic E-state index is 12.8. The number of rotatable bonds is 7. The van der Waals surface area contributed by atoms with E-state index in [2.05, 4.69) is 5.43 Å². The SMILES string of the molecule is CCOC(=O)COc1cc(N(C)C)ccc1C=C1C(=O)NN(c2ccccc2)C1=O. The van der Waals surface area contributed by atoms with Gasteiger partial charge in [-0.25, -0.2) is 9.80 Å². The first-order chi connectivity index (χ1) is 14.4. The zero-order valence-corrected chi connectivity index (χ0v) is 17.0. The van der Waals surface area contributed by atoms with Gasteiger partial charge >= 0.3 is 5.97 Å². The fourth-order valence-electron chi connectivity index (χ4n) is 2.86. The quantitative estimate of drug-likeness (QED) is 0.428. The number of carbonyl (C=O) groups excluding carboxylic acids is 3. The Morgan fingerprint density at radius 1 is 1.13 bits per heavy atom. The molecule has 8 nitrogen and oxygen atoms in total. The van der Waals surface area contributed by atoms with E-state index in [0.29, 0.717) is 17.0 Å². The van der Waals surface area contributed by atoms with Crippen LogP contribution in [-0.2, 0) is 19.1 Å². The van der Waals surface area contributed by atoms with Gasteiger partial charge in [0.05, 0.1) is 12.3 Å². The third kappa shape index (κ3) is 4.60. The molecule has 1 heterocycles. The van der Waals surface area contributed by atoms with Crippen LogP contribution in [0.2, 0.25) is 0 Å². The van der Waals surface area contributed by atoms with Gasteiger partial charge in [0.15, 0.2) is 6.61 Å². The molecular weight excluding hydrogens is 386 g/mol. The van der Waals surface area contributed by atoms with Crippen LogP contribution in [0.3, 0.4) is 0 Å². The lowest BCUT2D eigenvalue weighted by molar-refractivity contribution is -0.145. The fraction of sp³-hybridized carbons (Fsp3) is 0.227. The molecule has 1 aliphatic rings. The summed E-state index contributed by atoms with van der Waals surface area (Å²) in [5.41, 5.74) is 4.42. The molecule has 0 unspecified atom stereocenters. The number of nitrogens with zero attached hydrogens (tertiary/aromatic N) is 2. The van der Waals surface area contributed by atoms with Crippen molar-refractivity contribution in [3.63, 3.8) is 0 Å². The Hall–Kier alpha value is -3.81. The molecule has 2 amide bonds. The lowest BCUT2D eigenvalue weighted by atomic mass is 10.1. The third-order valence-corrected chi connectivity index (χ3v) is 4.37. The largest absolute Gasteiger partial charge is 0.481 e. The van der Waals surface area contributed by atoms with Crippen molar-refractivity contribution in [3.05, 3.63) is 59.7 Å². The van der Waals surface area contributed by atoms with Gasteiger partial charge in [-0.3, -0.25) is 15.0 Å². The van der Waals surface area contributed by atoms with Gasteiger partial charge in [0.1, 0.15) is 11.3 Å². The number of hydrazine groups is 1. The standard InChI is InChI=1S/C22H23N3O5/c1-4-29-20(26)14-30-19-13-17(24(2)3)11-10-15(19)12-18-21(27)23-25(22(18)28)16-8-6-5-7-9-16/h5-13H,4,14H2,1-3H3,(H,23,27). The molecule has 2 aromatic rings. The van der Waals surface area contributed by atoms with Crippen LogP contribution in [0.4, 0.5) is 11.4 Å². The molecule has 1 aliphatic heterocycles. The Morgan fingerprint density at radius 2 is 1.87 bits per heavy atom. The van der Waals surface area contributed by atoms with Crippen LogP contribution in [0.25, 0.3) is 6.08 Å². The minimum absolute atomic E-state index is 0.0301. The number of amides is 2. The van der Waals surface area contributed by atoms with Gasteiger partial charge in [-0.2, -0.15) is 0 Å². The molecule has 156 valence electrons. The van der Waals surface area contributed by atoms with Crippen LogP contribution in [-0.4, -0.2) is 45.1 Å². The van der Waals surface area contributed by atoms with Gasteiger partial charge in [0.2, 0.25) is 0 Å². The zero-order valence-electron chi connectivity index (χ0n) is 17.0. The van der Waals surface area contributed by atoms with E-state index in [1.54, 1.807) is 43.3 Å². The van der Waals surface area contributed by atoms with Crippen molar-refractivity contribution in [2.24, 2.45) is 0 Å². The molecule has 30 heavy (non-hydrogen) atoms. The van der Waals surface area contributed by atoms with Crippen molar-refractivity contribution in [1.82, 2.24) is 5.43 Å². The average Bonchev–Trinajstić information content (AvgIpc) is 3.02. The molecular formula is C22H23N3O5. The molecule has 0 bridgehead atoms. The summed E-state index contributed by atoms with van der Waals surface area (Å²) in [6.45, 7) is 1.68. The number of anilines is 2. The van der Waals surface area contributed by atoms with E-state index in [1.165, 1.54) is 11.1 Å². The lowest BCUT2D eigenvalue weighted by Gasteiger charge is -2.16. The Bertz CT molecular complexity index is 986. The van der Waals surface area contributed by atoms with Crippen LogP contribution < -0.4 is 20.1 Å². The topological polar surface area (TPSA) is 88.2 Å². The number of esters is 1. The number of hydrogen-bond donors (Lipinski definition) is 1. The van der Waals surface area contributed by atoms with E-state index in [4.69, 9.17) is 9.47 Å². The first-order valence-corrected chi connectivity index (χ1v) is 9.42. The molecule has 0 radical (unpaired) electrons. The van der Waals surface area contributed by atoms with Gasteiger partial charge in [0.25, 0.3) is 11.8 Å². The van der Waals surface area contributed by atoms with Crippen molar-refractivity contribution < 1.29 is 23.9 Å². The summed E-state index contributed by atoms with van der Waals surface area (Å²) >= 11 is 0. The summed E-state index contributed by atoms with van der Waals surface area (Å²) in [5, 5.41) is 1.20. The average molecular weight is 409 g/mol. The van der Waals surface area contributed by atoms with Crippen molar-refractivity contribution in [2.45, 2.75) is 6.92 Å². The molecule has 1 saturated heterocycles. The van der Waals surface area contributed by atoms with E-state index >= 15 is 0 Å². The van der Waals surface area contributed by atoms with Gasteiger partial charge in [-0.05, 0) is 37.3 Å². The summed E-state index contributed by atoms with van der Waals surface area (Å²) in [7, 11) is 3.74. The molecule has 1 N–H and O–H groups in total. The van der Waals surface area contributed by atoms with Crippen LogP contribution in [0, 0.1) is 0 Å². The van der Waals surface area contributed by atoms with Crippen molar-refractivity contribution >= 4 is 35.2 Å². The number of ether oxygens (including phenoxy) is 2. The molecule has 0 aromatic heterocycles. The van der Waals surface area contributed by atoms with Gasteiger partial charge < -0.3 is 14.4 Å². The molecule has 0 atom stereocenters. The molecule has 0 spiro atoms. The second-order valence-corrected chi connectivity index (χ2v) is 6.69. The highest BCUT2D eigenvalue weighted by Crippen LogP contribution is 2.29. The van der Waals surface area contributed by atoms with Crippen molar-refractivity contribution in [3.8, 4) is 5.75 Å². The number of hydrogen-bond acceptors (Lipinski definition) is 6. The molecule has 3 rings (SSSR count). The summed E-state index contributed by atoms with van der Waals surface area (Å²) in [5.74, 6) is -1.13. The second-order valence-electron chi connectivity index (χ2n) is 6.69. The van der Waals surface area contributed by atoms with Crippen molar-refractivity contribution in [1.29, 1.82) is 0 Å². The first-order valence-electron chi connectivity index (χ1n) is 9.42. The number of benzene rings is 2. The third-order valence-electron chi connectivity index (χ3n) is 4.37. The maximum absolute atomic E-state index is 12.8. The summed E-state index contributed by atoms with van der Waals surface area (Å²) in [6.07, 6.45) is 1.46. The minimum Gasteiger partial charge on any atom is -0.481 e. The smallest absolute Gasteiger partial charge is 0.344 e. The van der Waals surface area contributed by atoms with Gasteiger partial charge in [-0.1, -0.05) is 18.2 Å². The highest BCUT2D eigenvalue weighted by atomic mass is 16.6. The van der Waals surface area contributed by atoms with E-state index in [0.717, 1.165) is 5.69 Å². The fourth-order valence-corrected chi connectivity index (χ4v) is 2.86. The van der Waals surface area contributed by atoms with Crippen LogP contribution in [0.1, 0.15) is 12.5 Å². The van der Waals surface area contributed by atoms with E-state index < -0.39 is 17.8 Å². The van der Waals surface area contributed by atoms with Crippen molar-refractivity contribution in [2.75, 3.05) is 37.2 Å². The molecule has 1 fully saturated rings. The lowest BCUT2D eigenvalue weighted by Crippen LogP contribution is -2.35. The zero-order chi connectivity index (χ0) is 21.7. The van der Waals surface area contributed by atoms with E-state index in [-0.39, 0.29) is 18.8 Å². The predicted octanol–water partition coefficient (Wildman–Crippen LogP) is 2.16. The van der Waals surface area contributed by atoms with Gasteiger partial charge in [-0.15, -0.1) is 0 Å². The highest BCUT2D eigenvalue weighted by Gasteiger charge is 2.34. The summed E-state index contributed by atoms with van der Waals surface area (Å²) in [4.78, 5) is 38.8. The Balaban J connectivity index is 1.92. The Morgan fingerprint density at radius 3 is 2.53 bits per heavy atom. The second kappa shape index (κ2) is 9.13. The maximum Gasteiger partial charge on any atom is 0.344 e. The highest BCUT2D eigenvalue weighted by molar-refractivity contribution is 6.31. The molecule has 0 aliphatic carbocycles. The minimum atomic E-state index is -0.517. The monoisotopic (exact) mass is 409 g/mol. The molecule has 2 aromatic carbocycles. The Labute approximate surface area is 174 Å².